The summed E-state index contributed by atoms with van der Waals surface area (Å²) in [6, 6.07) is 15.8. The van der Waals surface area contributed by atoms with Crippen LogP contribution in [0.3, 0.4) is 0 Å². The zero-order valence-electron chi connectivity index (χ0n) is 16.9. The average molecular weight is 408 g/mol. The van der Waals surface area contributed by atoms with Gasteiger partial charge in [0, 0.05) is 12.1 Å². The molecule has 1 aliphatic heterocycles. The van der Waals surface area contributed by atoms with E-state index in [4.69, 9.17) is 4.74 Å². The van der Waals surface area contributed by atoms with Crippen LogP contribution in [-0.2, 0) is 0 Å². The van der Waals surface area contributed by atoms with Gasteiger partial charge in [0.25, 0.3) is 5.91 Å². The van der Waals surface area contributed by atoms with Gasteiger partial charge in [-0.15, -0.1) is 0 Å². The van der Waals surface area contributed by atoms with Crippen molar-refractivity contribution in [2.75, 3.05) is 26.7 Å². The van der Waals surface area contributed by atoms with E-state index in [0.29, 0.717) is 17.9 Å². The van der Waals surface area contributed by atoms with Crippen molar-refractivity contribution >= 4 is 5.91 Å². The van der Waals surface area contributed by atoms with Crippen LogP contribution in [0.2, 0.25) is 0 Å². The summed E-state index contributed by atoms with van der Waals surface area (Å²) in [5.41, 5.74) is 2.88. The molecule has 0 radical (unpaired) electrons. The van der Waals surface area contributed by atoms with Crippen LogP contribution >= 0.6 is 0 Å². The minimum Gasteiger partial charge on any atom is -0.497 e. The van der Waals surface area contributed by atoms with Gasteiger partial charge >= 0.3 is 0 Å². The highest BCUT2D eigenvalue weighted by atomic mass is 19.1. The molecule has 1 atom stereocenters. The van der Waals surface area contributed by atoms with Crippen LogP contribution in [0.15, 0.2) is 54.6 Å². The maximum Gasteiger partial charge on any atom is 0.269 e. The number of ether oxygens (including phenoxy) is 1. The van der Waals surface area contributed by atoms with Gasteiger partial charge in [-0.2, -0.15) is 5.10 Å². The number of hydrogen-bond acceptors (Lipinski definition) is 4. The smallest absolute Gasteiger partial charge is 0.269 e. The standard InChI is InChI=1S/C23H25FN4O2/c1-30-19-10-6-17(7-11-19)22(28-12-2-3-13-28)15-25-23(29)21-14-20(26-27-21)16-4-8-18(24)9-5-16/h4-11,14,22H,2-3,12-13,15H2,1H3,(H,25,29)(H,26,27). The zero-order chi connectivity index (χ0) is 20.9. The third-order valence-electron chi connectivity index (χ3n) is 5.50. The van der Waals surface area contributed by atoms with Gasteiger partial charge in [0.1, 0.15) is 17.3 Å². The molecule has 0 spiro atoms. The number of amides is 1. The first kappa shape index (κ1) is 20.1. The molecule has 2 aromatic carbocycles. The lowest BCUT2D eigenvalue weighted by atomic mass is 10.1. The molecule has 4 rings (SSSR count). The number of nitrogens with zero attached hydrogens (tertiary/aromatic N) is 2. The Balaban J connectivity index is 1.45. The Kier molecular flexibility index (Phi) is 6.09. The molecule has 0 aliphatic carbocycles. The molecule has 6 nitrogen and oxygen atoms in total. The van der Waals surface area contributed by atoms with Crippen LogP contribution in [-0.4, -0.2) is 47.7 Å². The van der Waals surface area contributed by atoms with Crippen LogP contribution in [0.5, 0.6) is 5.75 Å². The molecule has 1 saturated heterocycles. The number of H-pyrrole nitrogens is 1. The number of methoxy groups -OCH3 is 1. The summed E-state index contributed by atoms with van der Waals surface area (Å²) in [5.74, 6) is 0.293. The molecular weight excluding hydrogens is 383 g/mol. The predicted octanol–water partition coefficient (Wildman–Crippen LogP) is 3.79. The second kappa shape index (κ2) is 9.09. The lowest BCUT2D eigenvalue weighted by Crippen LogP contribution is -2.36. The number of likely N-dealkylation sites (tertiary alicyclic amines) is 1. The summed E-state index contributed by atoms with van der Waals surface area (Å²) in [6.07, 6.45) is 2.34. The van der Waals surface area contributed by atoms with Gasteiger partial charge in [0.2, 0.25) is 0 Å². The number of carbonyl (C=O) groups is 1. The normalized spacial score (nSPS) is 15.1. The Morgan fingerprint density at radius 2 is 1.87 bits per heavy atom. The van der Waals surface area contributed by atoms with Crippen molar-refractivity contribution in [3.63, 3.8) is 0 Å². The molecule has 0 bridgehead atoms. The SMILES string of the molecule is COc1ccc(C(CNC(=O)c2cc(-c3ccc(F)cc3)n[nH]2)N2CCCC2)cc1. The van der Waals surface area contributed by atoms with Crippen molar-refractivity contribution in [1.29, 1.82) is 0 Å². The number of aromatic amines is 1. The Labute approximate surface area is 175 Å². The molecule has 1 aromatic heterocycles. The summed E-state index contributed by atoms with van der Waals surface area (Å²) < 4.78 is 18.4. The van der Waals surface area contributed by atoms with E-state index in [1.807, 2.05) is 12.1 Å². The lowest BCUT2D eigenvalue weighted by molar-refractivity contribution is 0.0933. The van der Waals surface area contributed by atoms with Gasteiger partial charge < -0.3 is 10.1 Å². The first-order valence-corrected chi connectivity index (χ1v) is 10.1. The molecule has 0 saturated carbocycles. The highest BCUT2D eigenvalue weighted by molar-refractivity contribution is 5.93. The maximum absolute atomic E-state index is 13.1. The number of benzene rings is 2. The van der Waals surface area contributed by atoms with E-state index in [1.54, 1.807) is 25.3 Å². The monoisotopic (exact) mass is 408 g/mol. The fraction of sp³-hybridized carbons (Fsp3) is 0.304. The van der Waals surface area contributed by atoms with Crippen molar-refractivity contribution < 1.29 is 13.9 Å². The molecular formula is C23H25FN4O2. The second-order valence-corrected chi connectivity index (χ2v) is 7.42. The third-order valence-corrected chi connectivity index (χ3v) is 5.50. The Hall–Kier alpha value is -3.19. The number of carbonyl (C=O) groups excluding carboxylic acids is 1. The highest BCUT2D eigenvalue weighted by Gasteiger charge is 2.24. The van der Waals surface area contributed by atoms with E-state index in [1.165, 1.54) is 25.0 Å². The Bertz CT molecular complexity index is 979. The van der Waals surface area contributed by atoms with Crippen molar-refractivity contribution in [2.24, 2.45) is 0 Å². The topological polar surface area (TPSA) is 70.2 Å². The van der Waals surface area contributed by atoms with Crippen LogP contribution in [0, 0.1) is 5.82 Å². The number of hydrogen-bond donors (Lipinski definition) is 2. The highest BCUT2D eigenvalue weighted by Crippen LogP contribution is 2.26. The Morgan fingerprint density at radius 1 is 1.17 bits per heavy atom. The van der Waals surface area contributed by atoms with Gasteiger partial charge in [-0.25, -0.2) is 4.39 Å². The largest absolute Gasteiger partial charge is 0.497 e. The number of rotatable bonds is 7. The van der Waals surface area contributed by atoms with E-state index in [0.717, 1.165) is 30.0 Å². The second-order valence-electron chi connectivity index (χ2n) is 7.42. The summed E-state index contributed by atoms with van der Waals surface area (Å²) >= 11 is 0. The van der Waals surface area contributed by atoms with Gasteiger partial charge in [0.05, 0.1) is 18.8 Å². The Morgan fingerprint density at radius 3 is 2.53 bits per heavy atom. The fourth-order valence-electron chi connectivity index (χ4n) is 3.83. The average Bonchev–Trinajstić information content (AvgIpc) is 3.47. The van der Waals surface area contributed by atoms with Crippen LogP contribution in [0.4, 0.5) is 4.39 Å². The first-order valence-electron chi connectivity index (χ1n) is 10.1. The molecule has 2 N–H and O–H groups in total. The molecule has 2 heterocycles. The van der Waals surface area contributed by atoms with Gasteiger partial charge in [-0.1, -0.05) is 12.1 Å². The van der Waals surface area contributed by atoms with E-state index < -0.39 is 0 Å². The van der Waals surface area contributed by atoms with Crippen LogP contribution < -0.4 is 10.1 Å². The van der Waals surface area contributed by atoms with E-state index >= 15 is 0 Å². The third kappa shape index (κ3) is 4.52. The molecule has 1 amide bonds. The summed E-state index contributed by atoms with van der Waals surface area (Å²) in [7, 11) is 1.65. The quantitative estimate of drug-likeness (QED) is 0.624. The van der Waals surface area contributed by atoms with E-state index in [9.17, 15) is 9.18 Å². The number of nitrogens with one attached hydrogen (secondary N) is 2. The van der Waals surface area contributed by atoms with E-state index in [2.05, 4.69) is 32.5 Å². The first-order chi connectivity index (χ1) is 14.6. The lowest BCUT2D eigenvalue weighted by Gasteiger charge is -2.28. The van der Waals surface area contributed by atoms with E-state index in [-0.39, 0.29) is 17.8 Å². The predicted molar refractivity (Wildman–Crippen MR) is 113 cm³/mol. The number of halogens is 1. The van der Waals surface area contributed by atoms with Crippen molar-refractivity contribution in [3.8, 4) is 17.0 Å². The molecule has 156 valence electrons. The molecule has 3 aromatic rings. The van der Waals surface area contributed by atoms with Gasteiger partial charge in [-0.3, -0.25) is 14.8 Å². The van der Waals surface area contributed by atoms with Gasteiger partial charge in [0.15, 0.2) is 0 Å². The van der Waals surface area contributed by atoms with Crippen molar-refractivity contribution in [3.05, 3.63) is 71.7 Å². The number of aromatic nitrogens is 2. The molecule has 1 fully saturated rings. The van der Waals surface area contributed by atoms with Crippen LogP contribution in [0.25, 0.3) is 11.3 Å². The zero-order valence-corrected chi connectivity index (χ0v) is 16.9. The fourth-order valence-corrected chi connectivity index (χ4v) is 3.83. The molecule has 7 heteroatoms. The summed E-state index contributed by atoms with van der Waals surface area (Å²) in [6.45, 7) is 2.53. The van der Waals surface area contributed by atoms with Gasteiger partial charge in [-0.05, 0) is 74.0 Å². The molecule has 30 heavy (non-hydrogen) atoms. The summed E-state index contributed by atoms with van der Waals surface area (Å²) in [5, 5.41) is 10.0. The van der Waals surface area contributed by atoms with Crippen molar-refractivity contribution in [1.82, 2.24) is 20.4 Å². The van der Waals surface area contributed by atoms with Crippen LogP contribution in [0.1, 0.15) is 34.9 Å². The molecule has 1 unspecified atom stereocenters. The minimum atomic E-state index is -0.307. The molecule has 1 aliphatic rings. The minimum absolute atomic E-state index is 0.0989. The maximum atomic E-state index is 13.1. The summed E-state index contributed by atoms with van der Waals surface area (Å²) in [4.78, 5) is 15.1. The van der Waals surface area contributed by atoms with Crippen molar-refractivity contribution in [2.45, 2.75) is 18.9 Å².